The zero-order valence-corrected chi connectivity index (χ0v) is 12.0. The van der Waals surface area contributed by atoms with Gasteiger partial charge >= 0.3 is 0 Å². The van der Waals surface area contributed by atoms with Crippen molar-refractivity contribution in [2.24, 2.45) is 0 Å². The van der Waals surface area contributed by atoms with Gasteiger partial charge in [0.15, 0.2) is 0 Å². The standard InChI is InChI=1S/C13H18N4OS/c1-7-6-8-11(16-13(14)17-12(8)19-7)15-9-4-3-5-10(9)18-2/h6,9-10H,3-5H2,1-2H3,(H3,14,15,16,17). The lowest BCUT2D eigenvalue weighted by Crippen LogP contribution is -2.30. The molecule has 2 atom stereocenters. The summed E-state index contributed by atoms with van der Waals surface area (Å²) >= 11 is 1.64. The van der Waals surface area contributed by atoms with E-state index in [1.54, 1.807) is 18.4 Å². The van der Waals surface area contributed by atoms with Crippen LogP contribution < -0.4 is 11.1 Å². The van der Waals surface area contributed by atoms with Gasteiger partial charge in [0, 0.05) is 12.0 Å². The van der Waals surface area contributed by atoms with Gasteiger partial charge in [0.05, 0.1) is 17.5 Å². The number of fused-ring (bicyclic) bond motifs is 1. The summed E-state index contributed by atoms with van der Waals surface area (Å²) in [6, 6.07) is 2.42. The van der Waals surface area contributed by atoms with Crippen LogP contribution in [-0.4, -0.2) is 29.2 Å². The Morgan fingerprint density at radius 2 is 2.26 bits per heavy atom. The number of rotatable bonds is 3. The molecular formula is C13H18N4OS. The molecule has 2 unspecified atom stereocenters. The number of aryl methyl sites for hydroxylation is 1. The monoisotopic (exact) mass is 278 g/mol. The van der Waals surface area contributed by atoms with Gasteiger partial charge in [-0.25, -0.2) is 4.98 Å². The van der Waals surface area contributed by atoms with Crippen molar-refractivity contribution in [1.82, 2.24) is 9.97 Å². The highest BCUT2D eigenvalue weighted by atomic mass is 32.1. The minimum Gasteiger partial charge on any atom is -0.379 e. The smallest absolute Gasteiger partial charge is 0.223 e. The molecule has 0 bridgehead atoms. The van der Waals surface area contributed by atoms with Crippen molar-refractivity contribution in [3.8, 4) is 0 Å². The molecule has 0 aliphatic heterocycles. The number of nitrogen functional groups attached to an aromatic ring is 1. The van der Waals surface area contributed by atoms with E-state index in [-0.39, 0.29) is 6.10 Å². The first kappa shape index (κ1) is 12.6. The summed E-state index contributed by atoms with van der Waals surface area (Å²) in [5, 5.41) is 4.54. The van der Waals surface area contributed by atoms with Crippen molar-refractivity contribution in [2.75, 3.05) is 18.2 Å². The summed E-state index contributed by atoms with van der Waals surface area (Å²) in [7, 11) is 1.77. The Hall–Kier alpha value is -1.40. The van der Waals surface area contributed by atoms with Crippen LogP contribution in [0.3, 0.4) is 0 Å². The molecule has 102 valence electrons. The van der Waals surface area contributed by atoms with Gasteiger partial charge in [-0.3, -0.25) is 0 Å². The molecule has 19 heavy (non-hydrogen) atoms. The fourth-order valence-corrected chi connectivity index (χ4v) is 3.60. The fourth-order valence-electron chi connectivity index (χ4n) is 2.72. The maximum absolute atomic E-state index is 5.79. The van der Waals surface area contributed by atoms with E-state index in [4.69, 9.17) is 10.5 Å². The van der Waals surface area contributed by atoms with Gasteiger partial charge in [-0.15, -0.1) is 11.3 Å². The van der Waals surface area contributed by atoms with Gasteiger partial charge in [0.1, 0.15) is 10.6 Å². The summed E-state index contributed by atoms with van der Waals surface area (Å²) in [6.07, 6.45) is 3.64. The van der Waals surface area contributed by atoms with Crippen LogP contribution >= 0.6 is 11.3 Å². The molecule has 1 saturated carbocycles. The number of anilines is 2. The highest BCUT2D eigenvalue weighted by molar-refractivity contribution is 7.18. The van der Waals surface area contributed by atoms with E-state index in [0.717, 1.165) is 28.9 Å². The van der Waals surface area contributed by atoms with Gasteiger partial charge < -0.3 is 15.8 Å². The van der Waals surface area contributed by atoms with Gasteiger partial charge in [0.25, 0.3) is 0 Å². The van der Waals surface area contributed by atoms with Gasteiger partial charge in [-0.1, -0.05) is 0 Å². The van der Waals surface area contributed by atoms with E-state index in [2.05, 4.69) is 28.3 Å². The Morgan fingerprint density at radius 3 is 3.05 bits per heavy atom. The summed E-state index contributed by atoms with van der Waals surface area (Å²) in [6.45, 7) is 2.07. The Kier molecular flexibility index (Phi) is 3.28. The normalized spacial score (nSPS) is 23.1. The number of nitrogens with zero attached hydrogens (tertiary/aromatic N) is 2. The Balaban J connectivity index is 1.95. The number of hydrogen-bond donors (Lipinski definition) is 2. The highest BCUT2D eigenvalue weighted by Gasteiger charge is 2.28. The molecule has 1 aliphatic carbocycles. The van der Waals surface area contributed by atoms with Crippen molar-refractivity contribution in [2.45, 2.75) is 38.3 Å². The Bertz CT molecular complexity index is 598. The van der Waals surface area contributed by atoms with Crippen LogP contribution in [0, 0.1) is 6.92 Å². The van der Waals surface area contributed by atoms with E-state index in [1.165, 1.54) is 11.3 Å². The number of nitrogens with two attached hydrogens (primary N) is 1. The second kappa shape index (κ2) is 4.94. The number of ether oxygens (including phenoxy) is 1. The molecule has 0 saturated heterocycles. The van der Waals surface area contributed by atoms with Crippen LogP contribution in [0.2, 0.25) is 0 Å². The molecule has 0 amide bonds. The highest BCUT2D eigenvalue weighted by Crippen LogP contribution is 2.31. The van der Waals surface area contributed by atoms with E-state index >= 15 is 0 Å². The minimum absolute atomic E-state index is 0.256. The average Bonchev–Trinajstić information content (AvgIpc) is 2.94. The van der Waals surface area contributed by atoms with Crippen LogP contribution in [0.4, 0.5) is 11.8 Å². The molecule has 5 nitrogen and oxygen atoms in total. The lowest BCUT2D eigenvalue weighted by Gasteiger charge is -2.20. The molecule has 1 fully saturated rings. The van der Waals surface area contributed by atoms with Gasteiger partial charge in [-0.05, 0) is 32.3 Å². The van der Waals surface area contributed by atoms with Crippen LogP contribution in [0.1, 0.15) is 24.1 Å². The quantitative estimate of drug-likeness (QED) is 0.902. The zero-order valence-electron chi connectivity index (χ0n) is 11.1. The first-order valence-corrected chi connectivity index (χ1v) is 7.32. The molecule has 0 radical (unpaired) electrons. The third-order valence-corrected chi connectivity index (χ3v) is 4.56. The van der Waals surface area contributed by atoms with Gasteiger partial charge in [0.2, 0.25) is 5.95 Å². The van der Waals surface area contributed by atoms with Crippen LogP contribution in [-0.2, 0) is 4.74 Å². The number of hydrogen-bond acceptors (Lipinski definition) is 6. The lowest BCUT2D eigenvalue weighted by atomic mass is 10.2. The molecule has 2 heterocycles. The van der Waals surface area contributed by atoms with Crippen molar-refractivity contribution in [3.05, 3.63) is 10.9 Å². The van der Waals surface area contributed by atoms with Crippen LogP contribution in [0.15, 0.2) is 6.07 Å². The predicted octanol–water partition coefficient (Wildman–Crippen LogP) is 2.56. The van der Waals surface area contributed by atoms with E-state index in [0.29, 0.717) is 12.0 Å². The molecule has 6 heteroatoms. The minimum atomic E-state index is 0.256. The third-order valence-electron chi connectivity index (χ3n) is 3.61. The second-order valence-electron chi connectivity index (χ2n) is 4.96. The molecule has 2 aromatic rings. The van der Waals surface area contributed by atoms with Gasteiger partial charge in [-0.2, -0.15) is 4.98 Å². The summed E-state index contributed by atoms with van der Waals surface area (Å²) in [5.41, 5.74) is 5.79. The lowest BCUT2D eigenvalue weighted by molar-refractivity contribution is 0.101. The maximum Gasteiger partial charge on any atom is 0.223 e. The summed E-state index contributed by atoms with van der Waals surface area (Å²) in [4.78, 5) is 10.8. The molecular weight excluding hydrogens is 260 g/mol. The number of nitrogens with one attached hydrogen (secondary N) is 1. The molecule has 3 rings (SSSR count). The molecule has 2 aromatic heterocycles. The summed E-state index contributed by atoms with van der Waals surface area (Å²) < 4.78 is 5.51. The molecule has 1 aliphatic rings. The predicted molar refractivity (Wildman–Crippen MR) is 78.6 cm³/mol. The molecule has 0 spiro atoms. The van der Waals surface area contributed by atoms with Crippen LogP contribution in [0.5, 0.6) is 0 Å². The fraction of sp³-hybridized carbons (Fsp3) is 0.538. The molecule has 3 N–H and O–H groups in total. The zero-order chi connectivity index (χ0) is 13.4. The third kappa shape index (κ3) is 2.37. The van der Waals surface area contributed by atoms with Crippen molar-refractivity contribution >= 4 is 33.3 Å². The second-order valence-corrected chi connectivity index (χ2v) is 6.20. The van der Waals surface area contributed by atoms with Crippen molar-refractivity contribution in [1.29, 1.82) is 0 Å². The Labute approximate surface area is 116 Å². The SMILES string of the molecule is COC1CCCC1Nc1nc(N)nc2sc(C)cc12. The first-order chi connectivity index (χ1) is 9.17. The van der Waals surface area contributed by atoms with Crippen LogP contribution in [0.25, 0.3) is 10.2 Å². The number of aromatic nitrogens is 2. The van der Waals surface area contributed by atoms with E-state index < -0.39 is 0 Å². The Morgan fingerprint density at radius 1 is 1.42 bits per heavy atom. The van der Waals surface area contributed by atoms with E-state index in [9.17, 15) is 0 Å². The topological polar surface area (TPSA) is 73.1 Å². The largest absolute Gasteiger partial charge is 0.379 e. The van der Waals surface area contributed by atoms with E-state index in [1.807, 2.05) is 0 Å². The number of thiophene rings is 1. The van der Waals surface area contributed by atoms with Crippen molar-refractivity contribution in [3.63, 3.8) is 0 Å². The maximum atomic E-state index is 5.79. The first-order valence-electron chi connectivity index (χ1n) is 6.50. The molecule has 0 aromatic carbocycles. The summed E-state index contributed by atoms with van der Waals surface area (Å²) in [5.74, 6) is 1.16. The average molecular weight is 278 g/mol. The van der Waals surface area contributed by atoms with Crippen molar-refractivity contribution < 1.29 is 4.74 Å². The number of methoxy groups -OCH3 is 1.